The SMILES string of the molecule is CN(C)C(=O)N1CCO[C@H](c2nc3ccc(-c4ccccc4)cn3n2)C1. The zero-order chi connectivity index (χ0) is 18.1. The third-order valence-corrected chi connectivity index (χ3v) is 4.46. The Morgan fingerprint density at radius 1 is 1.15 bits per heavy atom. The molecule has 0 spiro atoms. The minimum atomic E-state index is -0.312. The van der Waals surface area contributed by atoms with Crippen LogP contribution in [0.2, 0.25) is 0 Å². The Balaban J connectivity index is 1.60. The lowest BCUT2D eigenvalue weighted by molar-refractivity contribution is -0.0231. The fraction of sp³-hybridized carbons (Fsp3) is 0.316. The van der Waals surface area contributed by atoms with Crippen LogP contribution in [0, 0.1) is 0 Å². The van der Waals surface area contributed by atoms with Crippen molar-refractivity contribution in [2.45, 2.75) is 6.10 Å². The van der Waals surface area contributed by atoms with E-state index in [1.165, 1.54) is 0 Å². The molecule has 2 amide bonds. The van der Waals surface area contributed by atoms with Crippen molar-refractivity contribution in [2.75, 3.05) is 33.8 Å². The molecule has 1 aliphatic rings. The van der Waals surface area contributed by atoms with Gasteiger partial charge < -0.3 is 14.5 Å². The minimum absolute atomic E-state index is 0.0200. The summed E-state index contributed by atoms with van der Waals surface area (Å²) in [5.41, 5.74) is 2.96. The molecule has 3 heterocycles. The van der Waals surface area contributed by atoms with Crippen molar-refractivity contribution in [3.8, 4) is 11.1 Å². The predicted molar refractivity (Wildman–Crippen MR) is 97.8 cm³/mol. The molecule has 1 aliphatic heterocycles. The van der Waals surface area contributed by atoms with Crippen LogP contribution in [-0.4, -0.2) is 64.2 Å². The second kappa shape index (κ2) is 6.76. The Kier molecular flexibility index (Phi) is 4.30. The topological polar surface area (TPSA) is 63.0 Å². The third-order valence-electron chi connectivity index (χ3n) is 4.46. The van der Waals surface area contributed by atoms with Gasteiger partial charge in [0.15, 0.2) is 11.5 Å². The molecule has 0 N–H and O–H groups in total. The van der Waals surface area contributed by atoms with Gasteiger partial charge in [0.2, 0.25) is 0 Å². The van der Waals surface area contributed by atoms with E-state index in [4.69, 9.17) is 4.74 Å². The first kappa shape index (κ1) is 16.5. The molecular weight excluding hydrogens is 330 g/mol. The van der Waals surface area contributed by atoms with Gasteiger partial charge in [-0.1, -0.05) is 30.3 Å². The first-order valence-corrected chi connectivity index (χ1v) is 8.61. The summed E-state index contributed by atoms with van der Waals surface area (Å²) in [6, 6.07) is 14.1. The van der Waals surface area contributed by atoms with Gasteiger partial charge in [0.1, 0.15) is 6.10 Å². The number of carbonyl (C=O) groups excluding carboxylic acids is 1. The number of hydrogen-bond acceptors (Lipinski definition) is 4. The molecule has 1 fully saturated rings. The molecule has 1 saturated heterocycles. The molecule has 7 heteroatoms. The van der Waals surface area contributed by atoms with Gasteiger partial charge in [-0.2, -0.15) is 0 Å². The maximum absolute atomic E-state index is 12.2. The van der Waals surface area contributed by atoms with Crippen LogP contribution in [0.4, 0.5) is 4.79 Å². The van der Waals surface area contributed by atoms with Gasteiger partial charge in [-0.15, -0.1) is 5.10 Å². The summed E-state index contributed by atoms with van der Waals surface area (Å²) in [6.45, 7) is 1.52. The number of fused-ring (bicyclic) bond motifs is 1. The summed E-state index contributed by atoms with van der Waals surface area (Å²) in [6.07, 6.45) is 1.65. The highest BCUT2D eigenvalue weighted by Gasteiger charge is 2.29. The van der Waals surface area contributed by atoms with E-state index in [0.29, 0.717) is 25.5 Å². The van der Waals surface area contributed by atoms with E-state index >= 15 is 0 Å². The molecule has 1 atom stereocenters. The second-order valence-corrected chi connectivity index (χ2v) is 6.54. The number of benzene rings is 1. The number of pyridine rings is 1. The van der Waals surface area contributed by atoms with Crippen LogP contribution in [-0.2, 0) is 4.74 Å². The smallest absolute Gasteiger partial charge is 0.319 e. The molecule has 134 valence electrons. The maximum Gasteiger partial charge on any atom is 0.319 e. The van der Waals surface area contributed by atoms with E-state index in [2.05, 4.69) is 22.2 Å². The minimum Gasteiger partial charge on any atom is -0.366 e. The van der Waals surface area contributed by atoms with Crippen LogP contribution in [0.1, 0.15) is 11.9 Å². The number of aromatic nitrogens is 3. The highest BCUT2D eigenvalue weighted by atomic mass is 16.5. The maximum atomic E-state index is 12.2. The predicted octanol–water partition coefficient (Wildman–Crippen LogP) is 2.45. The van der Waals surface area contributed by atoms with Crippen molar-refractivity contribution >= 4 is 11.7 Å². The number of ether oxygens (including phenoxy) is 1. The summed E-state index contributed by atoms with van der Waals surface area (Å²) in [7, 11) is 3.50. The largest absolute Gasteiger partial charge is 0.366 e. The van der Waals surface area contributed by atoms with E-state index in [1.54, 1.807) is 28.4 Å². The van der Waals surface area contributed by atoms with Gasteiger partial charge >= 0.3 is 6.03 Å². The van der Waals surface area contributed by atoms with E-state index in [-0.39, 0.29) is 12.1 Å². The molecule has 3 aromatic rings. The molecule has 26 heavy (non-hydrogen) atoms. The zero-order valence-electron chi connectivity index (χ0n) is 14.9. The van der Waals surface area contributed by atoms with Crippen LogP contribution in [0.15, 0.2) is 48.7 Å². The van der Waals surface area contributed by atoms with Gasteiger partial charge in [0.05, 0.1) is 13.2 Å². The standard InChI is InChI=1S/C19H21N5O2/c1-22(2)19(25)23-10-11-26-16(13-23)18-20-17-9-8-15(12-24(17)21-18)14-6-4-3-5-7-14/h3-9,12,16H,10-11,13H2,1-2H3/t16-/m0/s1. The van der Waals surface area contributed by atoms with Crippen LogP contribution in [0.3, 0.4) is 0 Å². The van der Waals surface area contributed by atoms with Crippen molar-refractivity contribution in [3.63, 3.8) is 0 Å². The first-order valence-electron chi connectivity index (χ1n) is 8.61. The third kappa shape index (κ3) is 3.13. The van der Waals surface area contributed by atoms with Crippen LogP contribution in [0.25, 0.3) is 16.8 Å². The highest BCUT2D eigenvalue weighted by Crippen LogP contribution is 2.23. The number of hydrogen-bond donors (Lipinski definition) is 0. The summed E-state index contributed by atoms with van der Waals surface area (Å²) in [5, 5.41) is 4.59. The van der Waals surface area contributed by atoms with Gasteiger partial charge in [0, 0.05) is 32.4 Å². The summed E-state index contributed by atoms with van der Waals surface area (Å²) in [4.78, 5) is 20.1. The van der Waals surface area contributed by atoms with Gasteiger partial charge in [-0.05, 0) is 17.7 Å². The normalized spacial score (nSPS) is 17.5. The molecule has 0 radical (unpaired) electrons. The van der Waals surface area contributed by atoms with Crippen molar-refractivity contribution in [1.82, 2.24) is 24.4 Å². The van der Waals surface area contributed by atoms with Crippen LogP contribution < -0.4 is 0 Å². The van der Waals surface area contributed by atoms with Gasteiger partial charge in [-0.25, -0.2) is 14.3 Å². The Hall–Kier alpha value is -2.93. The highest BCUT2D eigenvalue weighted by molar-refractivity contribution is 5.74. The van der Waals surface area contributed by atoms with Crippen molar-refractivity contribution in [3.05, 3.63) is 54.5 Å². The molecule has 0 unspecified atom stereocenters. The van der Waals surface area contributed by atoms with Crippen molar-refractivity contribution < 1.29 is 9.53 Å². The number of urea groups is 1. The number of morpholine rings is 1. The Morgan fingerprint density at radius 3 is 2.73 bits per heavy atom. The average Bonchev–Trinajstić information content (AvgIpc) is 3.11. The lowest BCUT2D eigenvalue weighted by atomic mass is 10.1. The molecule has 0 bridgehead atoms. The molecule has 0 aliphatic carbocycles. The summed E-state index contributed by atoms with van der Waals surface area (Å²) >= 11 is 0. The Labute approximate surface area is 151 Å². The van der Waals surface area contributed by atoms with Crippen molar-refractivity contribution in [1.29, 1.82) is 0 Å². The zero-order valence-corrected chi connectivity index (χ0v) is 14.9. The monoisotopic (exact) mass is 351 g/mol. The molecule has 4 rings (SSSR count). The fourth-order valence-corrected chi connectivity index (χ4v) is 3.10. The lowest BCUT2D eigenvalue weighted by Crippen LogP contribution is -2.46. The van der Waals surface area contributed by atoms with Crippen LogP contribution >= 0.6 is 0 Å². The Morgan fingerprint density at radius 2 is 1.96 bits per heavy atom. The quantitative estimate of drug-likeness (QED) is 0.711. The fourth-order valence-electron chi connectivity index (χ4n) is 3.10. The molecule has 7 nitrogen and oxygen atoms in total. The second-order valence-electron chi connectivity index (χ2n) is 6.54. The molecule has 0 saturated carbocycles. The van der Waals surface area contributed by atoms with E-state index in [0.717, 1.165) is 16.8 Å². The molecular formula is C19H21N5O2. The number of carbonyl (C=O) groups is 1. The summed E-state index contributed by atoms with van der Waals surface area (Å²) in [5.74, 6) is 0.603. The summed E-state index contributed by atoms with van der Waals surface area (Å²) < 4.78 is 7.59. The van der Waals surface area contributed by atoms with Gasteiger partial charge in [-0.3, -0.25) is 0 Å². The lowest BCUT2D eigenvalue weighted by Gasteiger charge is -2.33. The van der Waals surface area contributed by atoms with E-state index < -0.39 is 0 Å². The molecule has 2 aromatic heterocycles. The van der Waals surface area contributed by atoms with E-state index in [1.807, 2.05) is 36.5 Å². The average molecular weight is 351 g/mol. The van der Waals surface area contributed by atoms with Gasteiger partial charge in [0.25, 0.3) is 0 Å². The van der Waals surface area contributed by atoms with Crippen LogP contribution in [0.5, 0.6) is 0 Å². The number of nitrogens with zero attached hydrogens (tertiary/aromatic N) is 5. The van der Waals surface area contributed by atoms with E-state index in [9.17, 15) is 4.79 Å². The number of amides is 2. The molecule has 1 aromatic carbocycles. The number of rotatable bonds is 2. The first-order chi connectivity index (χ1) is 12.6. The Bertz CT molecular complexity index is 922. The van der Waals surface area contributed by atoms with Crippen molar-refractivity contribution in [2.24, 2.45) is 0 Å².